The maximum atomic E-state index is 14.6. The van der Waals surface area contributed by atoms with Crippen molar-refractivity contribution in [2.45, 2.75) is 24.3 Å². The zero-order valence-electron chi connectivity index (χ0n) is 19.0. The predicted octanol–water partition coefficient (Wildman–Crippen LogP) is 7.38. The molecule has 1 unspecified atom stereocenters. The Morgan fingerprint density at radius 1 is 0.842 bits per heavy atom. The van der Waals surface area contributed by atoms with E-state index in [4.69, 9.17) is 0 Å². The zero-order chi connectivity index (χ0) is 27.7. The highest BCUT2D eigenvalue weighted by Gasteiger charge is 2.42. The molecule has 3 nitrogen and oxygen atoms in total. The lowest BCUT2D eigenvalue weighted by Gasteiger charge is -2.34. The third kappa shape index (κ3) is 5.69. The van der Waals surface area contributed by atoms with Crippen LogP contribution in [0.2, 0.25) is 0 Å². The minimum absolute atomic E-state index is 0.0478. The van der Waals surface area contributed by atoms with Crippen LogP contribution in [0.4, 0.5) is 35.1 Å². The van der Waals surface area contributed by atoms with Gasteiger partial charge in [-0.15, -0.1) is 11.3 Å². The van der Waals surface area contributed by atoms with Gasteiger partial charge in [0.1, 0.15) is 22.2 Å². The summed E-state index contributed by atoms with van der Waals surface area (Å²) in [6, 6.07) is 11.5. The van der Waals surface area contributed by atoms with Crippen LogP contribution in [-0.2, 0) is 24.3 Å². The standard InChI is InChI=1S/C26H16F8N2OS/c27-19-12-17(11-18(13-19)25(29,30)31)24(23-35-8-9-38-23,14-15-4-2-1-3-5-15)36-22(37)16-6-7-21(28)20(10-16)26(32,33)34/h1-13H,14H2,(H,36,37). The lowest BCUT2D eigenvalue weighted by molar-refractivity contribution is -0.140. The molecule has 1 amide bonds. The molecule has 12 heteroatoms. The Kier molecular flexibility index (Phi) is 7.29. The molecule has 0 aliphatic heterocycles. The van der Waals surface area contributed by atoms with E-state index in [9.17, 15) is 39.9 Å². The summed E-state index contributed by atoms with van der Waals surface area (Å²) in [5.74, 6) is -4.02. The van der Waals surface area contributed by atoms with Gasteiger partial charge in [0.2, 0.25) is 0 Å². The second kappa shape index (κ2) is 10.2. The van der Waals surface area contributed by atoms with Gasteiger partial charge in [0, 0.05) is 23.6 Å². The quantitative estimate of drug-likeness (QED) is 0.252. The number of nitrogens with zero attached hydrogens (tertiary/aromatic N) is 1. The van der Waals surface area contributed by atoms with Crippen molar-refractivity contribution >= 4 is 17.2 Å². The highest BCUT2D eigenvalue weighted by Crippen LogP contribution is 2.39. The first kappa shape index (κ1) is 27.2. The molecule has 1 aromatic heterocycles. The summed E-state index contributed by atoms with van der Waals surface area (Å²) in [5, 5.41) is 4.03. The summed E-state index contributed by atoms with van der Waals surface area (Å²) in [6.07, 6.45) is -8.97. The smallest absolute Gasteiger partial charge is 0.336 e. The lowest BCUT2D eigenvalue weighted by atomic mass is 9.82. The second-order valence-electron chi connectivity index (χ2n) is 8.28. The van der Waals surface area contributed by atoms with Gasteiger partial charge >= 0.3 is 12.4 Å². The molecule has 0 spiro atoms. The van der Waals surface area contributed by atoms with E-state index in [0.717, 1.165) is 23.5 Å². The Hall–Kier alpha value is -3.80. The van der Waals surface area contributed by atoms with Gasteiger partial charge in [0.15, 0.2) is 0 Å². The maximum Gasteiger partial charge on any atom is 0.419 e. The summed E-state index contributed by atoms with van der Waals surface area (Å²) in [5.41, 5.74) is -5.43. The van der Waals surface area contributed by atoms with Crippen LogP contribution in [0.5, 0.6) is 0 Å². The van der Waals surface area contributed by atoms with Crippen molar-refractivity contribution < 1.29 is 39.9 Å². The van der Waals surface area contributed by atoms with Crippen molar-refractivity contribution in [1.82, 2.24) is 10.3 Å². The van der Waals surface area contributed by atoms with E-state index in [-0.39, 0.29) is 23.1 Å². The van der Waals surface area contributed by atoms with Crippen LogP contribution >= 0.6 is 11.3 Å². The van der Waals surface area contributed by atoms with Crippen molar-refractivity contribution in [1.29, 1.82) is 0 Å². The lowest BCUT2D eigenvalue weighted by Crippen LogP contribution is -2.48. The summed E-state index contributed by atoms with van der Waals surface area (Å²) in [4.78, 5) is 17.5. The topological polar surface area (TPSA) is 42.0 Å². The molecule has 3 aromatic carbocycles. The largest absolute Gasteiger partial charge is 0.419 e. The van der Waals surface area contributed by atoms with Gasteiger partial charge in [0.05, 0.1) is 11.1 Å². The maximum absolute atomic E-state index is 14.6. The number of thiazole rings is 1. The summed E-state index contributed by atoms with van der Waals surface area (Å²) >= 11 is 0.941. The number of halogens is 8. The summed E-state index contributed by atoms with van der Waals surface area (Å²) in [6.45, 7) is 0. The van der Waals surface area contributed by atoms with Gasteiger partial charge in [-0.2, -0.15) is 26.3 Å². The van der Waals surface area contributed by atoms with E-state index in [1.807, 2.05) is 0 Å². The van der Waals surface area contributed by atoms with Crippen LogP contribution in [-0.4, -0.2) is 10.9 Å². The van der Waals surface area contributed by atoms with Gasteiger partial charge < -0.3 is 5.32 Å². The van der Waals surface area contributed by atoms with E-state index in [2.05, 4.69) is 10.3 Å². The fourth-order valence-corrected chi connectivity index (χ4v) is 4.77. The average molecular weight is 556 g/mol. The minimum atomic E-state index is -5.11. The second-order valence-corrected chi connectivity index (χ2v) is 9.17. The molecule has 0 saturated carbocycles. The molecule has 1 atom stereocenters. The fraction of sp³-hybridized carbons (Fsp3) is 0.154. The molecule has 1 heterocycles. The number of carbonyl (C=O) groups is 1. The van der Waals surface area contributed by atoms with Crippen molar-refractivity contribution in [2.24, 2.45) is 0 Å². The summed E-state index contributed by atoms with van der Waals surface area (Å²) in [7, 11) is 0. The number of hydrogen-bond donors (Lipinski definition) is 1. The first-order chi connectivity index (χ1) is 17.8. The number of alkyl halides is 6. The Morgan fingerprint density at radius 3 is 2.13 bits per heavy atom. The van der Waals surface area contributed by atoms with Crippen molar-refractivity contribution in [2.75, 3.05) is 0 Å². The fourth-order valence-electron chi connectivity index (χ4n) is 3.96. The van der Waals surface area contributed by atoms with E-state index in [1.165, 1.54) is 11.6 Å². The summed E-state index contributed by atoms with van der Waals surface area (Å²) < 4.78 is 109. The van der Waals surface area contributed by atoms with Crippen LogP contribution in [0, 0.1) is 11.6 Å². The Bertz CT molecular complexity index is 1440. The Balaban J connectivity index is 1.93. The number of carbonyl (C=O) groups excluding carboxylic acids is 1. The van der Waals surface area contributed by atoms with E-state index in [0.29, 0.717) is 23.8 Å². The number of benzene rings is 3. The molecule has 38 heavy (non-hydrogen) atoms. The Morgan fingerprint density at radius 2 is 1.53 bits per heavy atom. The number of rotatable bonds is 6. The van der Waals surface area contributed by atoms with Gasteiger partial charge in [-0.3, -0.25) is 4.79 Å². The highest BCUT2D eigenvalue weighted by molar-refractivity contribution is 7.09. The van der Waals surface area contributed by atoms with Crippen LogP contribution < -0.4 is 5.32 Å². The molecular weight excluding hydrogens is 540 g/mol. The van der Waals surface area contributed by atoms with E-state index < -0.39 is 52.1 Å². The van der Waals surface area contributed by atoms with Crippen molar-refractivity contribution in [3.8, 4) is 0 Å². The van der Waals surface area contributed by atoms with Gasteiger partial charge in [-0.1, -0.05) is 30.3 Å². The van der Waals surface area contributed by atoms with Crippen LogP contribution in [0.3, 0.4) is 0 Å². The van der Waals surface area contributed by atoms with Crippen molar-refractivity contribution in [3.05, 3.63) is 123 Å². The number of amides is 1. The molecule has 0 bridgehead atoms. The highest BCUT2D eigenvalue weighted by atomic mass is 32.1. The number of nitrogens with one attached hydrogen (secondary N) is 1. The van der Waals surface area contributed by atoms with Gasteiger partial charge in [-0.25, -0.2) is 13.8 Å². The normalized spacial score (nSPS) is 13.7. The molecule has 0 saturated heterocycles. The Labute approximate surface area is 214 Å². The van der Waals surface area contributed by atoms with Gasteiger partial charge in [-0.05, 0) is 47.5 Å². The average Bonchev–Trinajstić information content (AvgIpc) is 3.38. The molecular formula is C26H16F8N2OS. The van der Waals surface area contributed by atoms with E-state index >= 15 is 0 Å². The molecule has 0 aliphatic rings. The number of hydrogen-bond acceptors (Lipinski definition) is 3. The molecule has 1 N–H and O–H groups in total. The number of aromatic nitrogens is 1. The molecule has 0 radical (unpaired) electrons. The molecule has 0 fully saturated rings. The third-order valence-electron chi connectivity index (χ3n) is 5.69. The third-order valence-corrected chi connectivity index (χ3v) is 6.62. The van der Waals surface area contributed by atoms with Gasteiger partial charge in [0.25, 0.3) is 5.91 Å². The first-order valence-corrected chi connectivity index (χ1v) is 11.7. The van der Waals surface area contributed by atoms with Crippen molar-refractivity contribution in [3.63, 3.8) is 0 Å². The molecule has 0 aliphatic carbocycles. The van der Waals surface area contributed by atoms with E-state index in [1.54, 1.807) is 30.3 Å². The van der Waals surface area contributed by atoms with Crippen LogP contribution in [0.25, 0.3) is 0 Å². The predicted molar refractivity (Wildman–Crippen MR) is 123 cm³/mol. The molecule has 198 valence electrons. The first-order valence-electron chi connectivity index (χ1n) is 10.8. The molecule has 4 aromatic rings. The van der Waals surface area contributed by atoms with Crippen LogP contribution in [0.15, 0.2) is 78.3 Å². The zero-order valence-corrected chi connectivity index (χ0v) is 19.8. The SMILES string of the molecule is O=C(NC(Cc1ccccc1)(c1cc(F)cc(C(F)(F)F)c1)c1nccs1)c1ccc(F)c(C(F)(F)F)c1. The molecule has 4 rings (SSSR count). The minimum Gasteiger partial charge on any atom is -0.336 e. The monoisotopic (exact) mass is 556 g/mol. The van der Waals surface area contributed by atoms with Crippen LogP contribution in [0.1, 0.15) is 37.6 Å².